The first-order valence-electron chi connectivity index (χ1n) is 10.2. The molecule has 0 fully saturated rings. The monoisotopic (exact) mass is 424 g/mol. The third-order valence-corrected chi connectivity index (χ3v) is 5.35. The number of fused-ring (bicyclic) bond motifs is 1. The summed E-state index contributed by atoms with van der Waals surface area (Å²) in [6.45, 7) is 7.68. The van der Waals surface area contributed by atoms with Crippen molar-refractivity contribution in [3.63, 3.8) is 0 Å². The Morgan fingerprint density at radius 2 is 1.61 bits per heavy atom. The molecule has 6 nitrogen and oxygen atoms in total. The number of ether oxygens (including phenoxy) is 1. The summed E-state index contributed by atoms with van der Waals surface area (Å²) >= 11 is 0. The molecular weight excluding hydrogens is 396 g/mol. The van der Waals surface area contributed by atoms with Gasteiger partial charge in [-0.05, 0) is 52.7 Å². The van der Waals surface area contributed by atoms with Crippen LogP contribution in [0.1, 0.15) is 61.7 Å². The summed E-state index contributed by atoms with van der Waals surface area (Å²) in [6, 6.07) is 5.30. The lowest BCUT2D eigenvalue weighted by Gasteiger charge is -2.34. The van der Waals surface area contributed by atoms with Crippen molar-refractivity contribution >= 4 is 5.78 Å². The van der Waals surface area contributed by atoms with Gasteiger partial charge >= 0.3 is 0 Å². The fraction of sp³-hybridized carbons (Fsp3) is 0.320. The molecule has 6 heteroatoms. The maximum absolute atomic E-state index is 13.5. The largest absolute Gasteiger partial charge is 0.508 e. The maximum atomic E-state index is 13.5. The molecule has 0 bridgehead atoms. The number of benzene rings is 2. The quantitative estimate of drug-likeness (QED) is 0.485. The number of aromatic hydroxyl groups is 4. The lowest BCUT2D eigenvalue weighted by Crippen LogP contribution is -2.32. The van der Waals surface area contributed by atoms with E-state index in [4.69, 9.17) is 4.74 Å². The number of carbonyl (C=O) groups is 1. The first kappa shape index (κ1) is 22.3. The molecule has 0 radical (unpaired) electrons. The smallest absolute Gasteiger partial charge is 0.177 e. The first-order chi connectivity index (χ1) is 14.6. The van der Waals surface area contributed by atoms with Crippen molar-refractivity contribution in [3.8, 4) is 28.7 Å². The Bertz CT molecular complexity index is 1070. The molecule has 0 aliphatic carbocycles. The number of ketones is 1. The zero-order valence-corrected chi connectivity index (χ0v) is 18.1. The second-order valence-corrected chi connectivity index (χ2v) is 8.35. The van der Waals surface area contributed by atoms with Crippen LogP contribution in [0.2, 0.25) is 0 Å². The molecule has 2 aromatic rings. The highest BCUT2D eigenvalue weighted by Gasteiger charge is 2.42. The highest BCUT2D eigenvalue weighted by Crippen LogP contribution is 2.49. The van der Waals surface area contributed by atoms with E-state index in [2.05, 4.69) is 0 Å². The lowest BCUT2D eigenvalue weighted by atomic mass is 9.81. The minimum atomic E-state index is -0.858. The second kappa shape index (κ2) is 8.76. The molecule has 2 unspecified atom stereocenters. The predicted octanol–water partition coefficient (Wildman–Crippen LogP) is 5.31. The van der Waals surface area contributed by atoms with Crippen molar-refractivity contribution in [2.75, 3.05) is 0 Å². The molecule has 4 N–H and O–H groups in total. The number of hydrogen-bond acceptors (Lipinski definition) is 6. The van der Waals surface area contributed by atoms with E-state index in [9.17, 15) is 25.2 Å². The molecule has 2 aromatic carbocycles. The van der Waals surface area contributed by atoms with Crippen LogP contribution in [-0.4, -0.2) is 26.2 Å². The summed E-state index contributed by atoms with van der Waals surface area (Å²) < 4.78 is 6.24. The molecule has 164 valence electrons. The Labute approximate surface area is 181 Å². The number of Topliss-reactive ketones (excluding diaryl/α,β-unsaturated/α-hetero) is 1. The number of hydrogen-bond donors (Lipinski definition) is 4. The van der Waals surface area contributed by atoms with Gasteiger partial charge < -0.3 is 25.2 Å². The highest BCUT2D eigenvalue weighted by atomic mass is 16.5. The van der Waals surface area contributed by atoms with E-state index >= 15 is 0 Å². The summed E-state index contributed by atoms with van der Waals surface area (Å²) in [4.78, 5) is 13.5. The molecule has 1 aliphatic rings. The number of rotatable bonds is 5. The average Bonchev–Trinajstić information content (AvgIpc) is 2.66. The van der Waals surface area contributed by atoms with Crippen molar-refractivity contribution in [2.45, 2.75) is 46.6 Å². The Balaban J connectivity index is 2.21. The Kier molecular flexibility index (Phi) is 6.29. The molecule has 2 atom stereocenters. The molecule has 3 rings (SSSR count). The van der Waals surface area contributed by atoms with Crippen molar-refractivity contribution in [3.05, 3.63) is 64.3 Å². The molecule has 0 saturated heterocycles. The van der Waals surface area contributed by atoms with E-state index in [-0.39, 0.29) is 40.1 Å². The van der Waals surface area contributed by atoms with Gasteiger partial charge in [-0.25, -0.2) is 0 Å². The van der Waals surface area contributed by atoms with E-state index < -0.39 is 12.0 Å². The van der Waals surface area contributed by atoms with Crippen LogP contribution < -0.4 is 4.74 Å². The van der Waals surface area contributed by atoms with Crippen LogP contribution in [0.4, 0.5) is 0 Å². The Morgan fingerprint density at radius 1 is 0.935 bits per heavy atom. The van der Waals surface area contributed by atoms with Gasteiger partial charge in [0.05, 0.1) is 5.92 Å². The molecule has 0 amide bonds. The van der Waals surface area contributed by atoms with Crippen LogP contribution in [0.25, 0.3) is 0 Å². The van der Waals surface area contributed by atoms with E-state index in [0.29, 0.717) is 24.0 Å². The molecule has 0 saturated carbocycles. The van der Waals surface area contributed by atoms with Crippen LogP contribution in [0, 0.1) is 5.92 Å². The molecule has 0 spiro atoms. The van der Waals surface area contributed by atoms with E-state index in [0.717, 1.165) is 11.1 Å². The zero-order chi connectivity index (χ0) is 22.9. The van der Waals surface area contributed by atoms with Gasteiger partial charge in [-0.3, -0.25) is 4.79 Å². The zero-order valence-electron chi connectivity index (χ0n) is 18.1. The molecular formula is C25H28O6. The fourth-order valence-corrected chi connectivity index (χ4v) is 3.72. The second-order valence-electron chi connectivity index (χ2n) is 8.35. The van der Waals surface area contributed by atoms with E-state index in [1.54, 1.807) is 0 Å². The van der Waals surface area contributed by atoms with Crippen LogP contribution in [0.3, 0.4) is 0 Å². The van der Waals surface area contributed by atoms with Gasteiger partial charge in [-0.1, -0.05) is 23.3 Å². The van der Waals surface area contributed by atoms with Gasteiger partial charge in [0.1, 0.15) is 40.4 Å². The Morgan fingerprint density at radius 3 is 2.23 bits per heavy atom. The molecule has 1 aliphatic heterocycles. The van der Waals surface area contributed by atoms with E-state index in [1.165, 1.54) is 24.3 Å². The molecule has 0 aromatic heterocycles. The van der Waals surface area contributed by atoms with Crippen molar-refractivity contribution in [2.24, 2.45) is 5.92 Å². The highest BCUT2D eigenvalue weighted by molar-refractivity contribution is 6.05. The number of phenolic OH excluding ortho intramolecular Hbond substituents is 4. The molecule has 1 heterocycles. The third kappa shape index (κ3) is 4.53. The minimum absolute atomic E-state index is 0.0385. The summed E-state index contributed by atoms with van der Waals surface area (Å²) in [6.07, 6.45) is 3.60. The summed E-state index contributed by atoms with van der Waals surface area (Å²) in [5.41, 5.74) is 2.83. The van der Waals surface area contributed by atoms with Gasteiger partial charge in [-0.2, -0.15) is 0 Å². The lowest BCUT2D eigenvalue weighted by molar-refractivity contribution is 0.0645. The van der Waals surface area contributed by atoms with Crippen LogP contribution in [-0.2, 0) is 6.42 Å². The standard InChI is InChI=1S/C25H28O6/c1-13(2)5-8-17-20(28)12-21(29)22-23(30)18(9-6-14(3)4)24(31-25(17)22)16-10-7-15(26)11-19(16)27/h5-7,10-12,18,24,26-29H,8-9H2,1-4H3. The van der Waals surface area contributed by atoms with Crippen molar-refractivity contribution in [1.29, 1.82) is 0 Å². The van der Waals surface area contributed by atoms with Crippen molar-refractivity contribution < 1.29 is 30.0 Å². The van der Waals surface area contributed by atoms with Gasteiger partial charge in [0, 0.05) is 23.3 Å². The number of phenols is 4. The van der Waals surface area contributed by atoms with Crippen LogP contribution >= 0.6 is 0 Å². The number of allylic oxidation sites excluding steroid dienone is 4. The van der Waals surface area contributed by atoms with Crippen LogP contribution in [0.15, 0.2) is 47.6 Å². The van der Waals surface area contributed by atoms with Gasteiger partial charge in [0.2, 0.25) is 0 Å². The first-order valence-corrected chi connectivity index (χ1v) is 10.2. The topological polar surface area (TPSA) is 107 Å². The molecule has 31 heavy (non-hydrogen) atoms. The van der Waals surface area contributed by atoms with E-state index in [1.807, 2.05) is 39.8 Å². The minimum Gasteiger partial charge on any atom is -0.508 e. The van der Waals surface area contributed by atoms with Gasteiger partial charge in [-0.15, -0.1) is 0 Å². The van der Waals surface area contributed by atoms with Crippen molar-refractivity contribution in [1.82, 2.24) is 0 Å². The van der Waals surface area contributed by atoms with Crippen LogP contribution in [0.5, 0.6) is 28.7 Å². The summed E-state index contributed by atoms with van der Waals surface area (Å²) in [5, 5.41) is 41.1. The average molecular weight is 424 g/mol. The third-order valence-electron chi connectivity index (χ3n) is 5.35. The fourth-order valence-electron chi connectivity index (χ4n) is 3.72. The normalized spacial score (nSPS) is 17.5. The summed E-state index contributed by atoms with van der Waals surface area (Å²) in [7, 11) is 0. The number of carbonyl (C=O) groups excluding carboxylic acids is 1. The summed E-state index contributed by atoms with van der Waals surface area (Å²) in [5.74, 6) is -1.72. The SMILES string of the molecule is CC(C)=CCc1c(O)cc(O)c2c1OC(c1ccc(O)cc1O)C(CC=C(C)C)C2=O. The predicted molar refractivity (Wildman–Crippen MR) is 118 cm³/mol. The van der Waals surface area contributed by atoms with Gasteiger partial charge in [0.15, 0.2) is 5.78 Å². The Hall–Kier alpha value is -3.41. The maximum Gasteiger partial charge on any atom is 0.177 e. The van der Waals surface area contributed by atoms with Gasteiger partial charge in [0.25, 0.3) is 0 Å².